The normalized spacial score (nSPS) is 14.3. The van der Waals surface area contributed by atoms with Gasteiger partial charge in [-0.05, 0) is 25.0 Å². The number of anilines is 1. The SMILES string of the molecule is COc1cccc(NC(N)=NCc2nc(C3CC3)cs2)c1.I. The minimum atomic E-state index is 0. The minimum absolute atomic E-state index is 0. The van der Waals surface area contributed by atoms with E-state index in [4.69, 9.17) is 10.5 Å². The molecule has 1 aromatic heterocycles. The van der Waals surface area contributed by atoms with Gasteiger partial charge in [0.2, 0.25) is 0 Å². The van der Waals surface area contributed by atoms with Crippen molar-refractivity contribution in [3.05, 3.63) is 40.3 Å². The van der Waals surface area contributed by atoms with E-state index in [0.29, 0.717) is 18.4 Å². The fraction of sp³-hybridized carbons (Fsp3) is 0.333. The van der Waals surface area contributed by atoms with E-state index in [-0.39, 0.29) is 24.0 Å². The van der Waals surface area contributed by atoms with Crippen LogP contribution in [-0.4, -0.2) is 18.1 Å². The highest BCUT2D eigenvalue weighted by Crippen LogP contribution is 2.40. The Balaban J connectivity index is 0.00000176. The van der Waals surface area contributed by atoms with Crippen LogP contribution in [-0.2, 0) is 6.54 Å². The van der Waals surface area contributed by atoms with Crippen LogP contribution in [0.1, 0.15) is 29.5 Å². The molecule has 0 radical (unpaired) electrons. The number of thiazole rings is 1. The first-order valence-corrected chi connectivity index (χ1v) is 7.78. The second kappa shape index (κ2) is 7.77. The van der Waals surface area contributed by atoms with Crippen molar-refractivity contribution in [2.24, 2.45) is 10.7 Å². The van der Waals surface area contributed by atoms with E-state index in [1.54, 1.807) is 18.4 Å². The van der Waals surface area contributed by atoms with Crippen LogP contribution in [0.15, 0.2) is 34.6 Å². The molecule has 7 heteroatoms. The highest BCUT2D eigenvalue weighted by atomic mass is 127. The summed E-state index contributed by atoms with van der Waals surface area (Å²) in [6.45, 7) is 0.514. The molecule has 0 spiro atoms. The minimum Gasteiger partial charge on any atom is -0.497 e. The summed E-state index contributed by atoms with van der Waals surface area (Å²) >= 11 is 1.65. The molecule has 0 amide bonds. The quantitative estimate of drug-likeness (QED) is 0.432. The summed E-state index contributed by atoms with van der Waals surface area (Å²) in [4.78, 5) is 8.92. The maximum atomic E-state index is 5.90. The first-order chi connectivity index (χ1) is 10.2. The Bertz CT molecular complexity index is 654. The van der Waals surface area contributed by atoms with Crippen LogP contribution in [0.5, 0.6) is 5.75 Å². The number of hydrogen-bond acceptors (Lipinski definition) is 4. The lowest BCUT2D eigenvalue weighted by Gasteiger charge is -2.06. The number of nitrogens with one attached hydrogen (secondary N) is 1. The van der Waals surface area contributed by atoms with E-state index in [1.165, 1.54) is 18.5 Å². The highest BCUT2D eigenvalue weighted by molar-refractivity contribution is 14.0. The zero-order valence-electron chi connectivity index (χ0n) is 12.3. The topological polar surface area (TPSA) is 72.5 Å². The van der Waals surface area contributed by atoms with Crippen molar-refractivity contribution in [3.63, 3.8) is 0 Å². The molecular formula is C15H19IN4OS. The number of nitrogens with zero attached hydrogens (tertiary/aromatic N) is 2. The van der Waals surface area contributed by atoms with Gasteiger partial charge in [-0.2, -0.15) is 0 Å². The standard InChI is InChI=1S/C15H18N4OS.HI/c1-20-12-4-2-3-11(7-12)18-15(16)17-8-14-19-13(9-21-14)10-5-6-10;/h2-4,7,9-10H,5-6,8H2,1H3,(H3,16,17,18);1H. The Kier molecular flexibility index (Phi) is 6.01. The summed E-state index contributed by atoms with van der Waals surface area (Å²) in [7, 11) is 1.64. The number of nitrogens with two attached hydrogens (primary N) is 1. The molecule has 1 aromatic carbocycles. The molecule has 0 bridgehead atoms. The van der Waals surface area contributed by atoms with Crippen molar-refractivity contribution in [3.8, 4) is 5.75 Å². The molecule has 1 fully saturated rings. The predicted octanol–water partition coefficient (Wildman–Crippen LogP) is 3.57. The first kappa shape index (κ1) is 17.0. The number of aromatic nitrogens is 1. The first-order valence-electron chi connectivity index (χ1n) is 6.90. The Hall–Kier alpha value is -1.35. The number of benzene rings is 1. The van der Waals surface area contributed by atoms with Gasteiger partial charge in [-0.1, -0.05) is 6.07 Å². The third-order valence-electron chi connectivity index (χ3n) is 3.29. The van der Waals surface area contributed by atoms with Gasteiger partial charge in [0.05, 0.1) is 19.3 Å². The molecule has 1 aliphatic carbocycles. The third-order valence-corrected chi connectivity index (χ3v) is 4.14. The molecule has 118 valence electrons. The van der Waals surface area contributed by atoms with Gasteiger partial charge in [0.25, 0.3) is 0 Å². The highest BCUT2D eigenvalue weighted by Gasteiger charge is 2.25. The van der Waals surface area contributed by atoms with E-state index in [0.717, 1.165) is 16.4 Å². The van der Waals surface area contributed by atoms with Gasteiger partial charge in [0.1, 0.15) is 10.8 Å². The fourth-order valence-corrected chi connectivity index (χ4v) is 2.80. The van der Waals surface area contributed by atoms with E-state index in [2.05, 4.69) is 20.7 Å². The van der Waals surface area contributed by atoms with Gasteiger partial charge in [0, 0.05) is 23.1 Å². The van der Waals surface area contributed by atoms with Crippen LogP contribution >= 0.6 is 35.3 Å². The molecule has 0 unspecified atom stereocenters. The lowest BCUT2D eigenvalue weighted by Crippen LogP contribution is -2.22. The molecular weight excluding hydrogens is 411 g/mol. The lowest BCUT2D eigenvalue weighted by molar-refractivity contribution is 0.415. The largest absolute Gasteiger partial charge is 0.497 e. The maximum Gasteiger partial charge on any atom is 0.193 e. The molecule has 1 heterocycles. The molecule has 2 aromatic rings. The Labute approximate surface area is 151 Å². The van der Waals surface area contributed by atoms with Crippen molar-refractivity contribution in [1.29, 1.82) is 0 Å². The van der Waals surface area contributed by atoms with Crippen LogP contribution in [0.25, 0.3) is 0 Å². The van der Waals surface area contributed by atoms with Crippen LogP contribution in [0.2, 0.25) is 0 Å². The second-order valence-electron chi connectivity index (χ2n) is 5.00. The predicted molar refractivity (Wildman–Crippen MR) is 101 cm³/mol. The zero-order valence-corrected chi connectivity index (χ0v) is 15.4. The smallest absolute Gasteiger partial charge is 0.193 e. The molecule has 1 saturated carbocycles. The molecule has 0 saturated heterocycles. The molecule has 3 N–H and O–H groups in total. The number of rotatable bonds is 5. The van der Waals surface area contributed by atoms with Crippen molar-refractivity contribution in [2.45, 2.75) is 25.3 Å². The van der Waals surface area contributed by atoms with E-state index >= 15 is 0 Å². The van der Waals surface area contributed by atoms with E-state index in [9.17, 15) is 0 Å². The average molecular weight is 430 g/mol. The monoisotopic (exact) mass is 430 g/mol. The zero-order chi connectivity index (χ0) is 14.7. The van der Waals surface area contributed by atoms with Crippen molar-refractivity contribution >= 4 is 47.0 Å². The van der Waals surface area contributed by atoms with E-state index < -0.39 is 0 Å². The summed E-state index contributed by atoms with van der Waals surface area (Å²) < 4.78 is 5.17. The molecule has 3 rings (SSSR count). The van der Waals surface area contributed by atoms with Crippen molar-refractivity contribution < 1.29 is 4.74 Å². The van der Waals surface area contributed by atoms with Gasteiger partial charge < -0.3 is 15.8 Å². The molecule has 0 aliphatic heterocycles. The summed E-state index contributed by atoms with van der Waals surface area (Å²) in [6, 6.07) is 7.57. The van der Waals surface area contributed by atoms with Gasteiger partial charge >= 0.3 is 0 Å². The van der Waals surface area contributed by atoms with Crippen molar-refractivity contribution in [1.82, 2.24) is 4.98 Å². The summed E-state index contributed by atoms with van der Waals surface area (Å²) in [5, 5.41) is 6.19. The van der Waals surface area contributed by atoms with Crippen LogP contribution in [0, 0.1) is 0 Å². The fourth-order valence-electron chi connectivity index (χ4n) is 2.01. The average Bonchev–Trinajstić information content (AvgIpc) is 3.24. The van der Waals surface area contributed by atoms with Gasteiger partial charge in [-0.3, -0.25) is 0 Å². The molecule has 5 nitrogen and oxygen atoms in total. The maximum absolute atomic E-state index is 5.90. The number of guanidine groups is 1. The number of aliphatic imine (C=N–C) groups is 1. The summed E-state index contributed by atoms with van der Waals surface area (Å²) in [6.07, 6.45) is 2.54. The number of halogens is 1. The Morgan fingerprint density at radius 2 is 2.32 bits per heavy atom. The van der Waals surface area contributed by atoms with Crippen LogP contribution in [0.4, 0.5) is 5.69 Å². The van der Waals surface area contributed by atoms with Gasteiger partial charge in [-0.25, -0.2) is 9.98 Å². The lowest BCUT2D eigenvalue weighted by atomic mass is 10.3. The molecule has 22 heavy (non-hydrogen) atoms. The van der Waals surface area contributed by atoms with Crippen molar-refractivity contribution in [2.75, 3.05) is 12.4 Å². The van der Waals surface area contributed by atoms with Crippen LogP contribution < -0.4 is 15.8 Å². The molecule has 0 atom stereocenters. The number of hydrogen-bond donors (Lipinski definition) is 2. The van der Waals surface area contributed by atoms with Gasteiger partial charge in [-0.15, -0.1) is 35.3 Å². The Morgan fingerprint density at radius 1 is 1.50 bits per heavy atom. The van der Waals surface area contributed by atoms with Gasteiger partial charge in [0.15, 0.2) is 5.96 Å². The second-order valence-corrected chi connectivity index (χ2v) is 5.94. The number of methoxy groups -OCH3 is 1. The third kappa shape index (κ3) is 4.57. The Morgan fingerprint density at radius 3 is 3.05 bits per heavy atom. The number of ether oxygens (including phenoxy) is 1. The van der Waals surface area contributed by atoms with E-state index in [1.807, 2.05) is 24.3 Å². The van der Waals surface area contributed by atoms with Crippen LogP contribution in [0.3, 0.4) is 0 Å². The summed E-state index contributed by atoms with van der Waals surface area (Å²) in [5.41, 5.74) is 7.97. The molecule has 1 aliphatic rings. The summed E-state index contributed by atoms with van der Waals surface area (Å²) in [5.74, 6) is 1.85.